The average molecular weight is 332 g/mol. The van der Waals surface area contributed by atoms with Crippen molar-refractivity contribution in [3.05, 3.63) is 58.3 Å². The van der Waals surface area contributed by atoms with E-state index < -0.39 is 0 Å². The quantitative estimate of drug-likeness (QED) is 0.693. The second kappa shape index (κ2) is 9.07. The summed E-state index contributed by atoms with van der Waals surface area (Å²) in [5.74, 6) is -0.318. The molecule has 23 heavy (non-hydrogen) atoms. The van der Waals surface area contributed by atoms with Crippen molar-refractivity contribution in [2.45, 2.75) is 18.9 Å². The zero-order valence-electron chi connectivity index (χ0n) is 12.7. The van der Waals surface area contributed by atoms with Crippen LogP contribution in [0.1, 0.15) is 34.1 Å². The fourth-order valence-corrected chi connectivity index (χ4v) is 2.83. The number of aliphatic hydroxyl groups excluding tert-OH is 1. The van der Waals surface area contributed by atoms with E-state index in [9.17, 15) is 9.59 Å². The van der Waals surface area contributed by atoms with Crippen molar-refractivity contribution in [2.24, 2.45) is 0 Å². The fraction of sp³-hybridized carbons (Fsp3) is 0.294. The van der Waals surface area contributed by atoms with Crippen molar-refractivity contribution in [3.63, 3.8) is 0 Å². The van der Waals surface area contributed by atoms with Crippen LogP contribution in [0.2, 0.25) is 0 Å². The Balaban J connectivity index is 1.79. The third-order valence-corrected chi connectivity index (χ3v) is 4.21. The molecule has 6 heteroatoms. The maximum Gasteiger partial charge on any atom is 0.261 e. The van der Waals surface area contributed by atoms with Gasteiger partial charge in [0, 0.05) is 19.6 Å². The highest BCUT2D eigenvalue weighted by Gasteiger charge is 2.14. The minimum absolute atomic E-state index is 0.00501. The zero-order chi connectivity index (χ0) is 16.5. The molecule has 1 aromatic heterocycles. The first kappa shape index (κ1) is 17.2. The zero-order valence-corrected chi connectivity index (χ0v) is 13.5. The van der Waals surface area contributed by atoms with Gasteiger partial charge in [-0.25, -0.2) is 0 Å². The van der Waals surface area contributed by atoms with E-state index in [2.05, 4.69) is 10.6 Å². The molecule has 2 aromatic rings. The molecule has 1 unspecified atom stereocenters. The highest BCUT2D eigenvalue weighted by atomic mass is 32.1. The van der Waals surface area contributed by atoms with E-state index in [1.165, 1.54) is 11.3 Å². The standard InChI is InChI=1S/C17H20N2O3S/c20-11-9-14(13-5-2-1-3-6-13)19-16(21)8-10-18-17(22)15-7-4-12-23-15/h1-7,12,14,20H,8-11H2,(H,18,22)(H,19,21). The Morgan fingerprint density at radius 1 is 1.13 bits per heavy atom. The summed E-state index contributed by atoms with van der Waals surface area (Å²) in [6.07, 6.45) is 0.656. The number of nitrogens with one attached hydrogen (secondary N) is 2. The normalized spacial score (nSPS) is 11.7. The number of hydrogen-bond acceptors (Lipinski definition) is 4. The summed E-state index contributed by atoms with van der Waals surface area (Å²) in [5, 5.41) is 16.6. The molecule has 0 bridgehead atoms. The molecule has 0 radical (unpaired) electrons. The largest absolute Gasteiger partial charge is 0.396 e. The summed E-state index contributed by atoms with van der Waals surface area (Å²) in [5.41, 5.74) is 0.956. The maximum absolute atomic E-state index is 12.0. The van der Waals surface area contributed by atoms with Crippen molar-refractivity contribution < 1.29 is 14.7 Å². The van der Waals surface area contributed by atoms with Gasteiger partial charge in [-0.15, -0.1) is 11.3 Å². The Morgan fingerprint density at radius 3 is 2.57 bits per heavy atom. The number of benzene rings is 1. The second-order valence-corrected chi connectivity index (χ2v) is 5.97. The molecule has 0 fully saturated rings. The average Bonchev–Trinajstić information content (AvgIpc) is 3.10. The molecule has 1 aromatic carbocycles. The Labute approximate surface area is 139 Å². The highest BCUT2D eigenvalue weighted by Crippen LogP contribution is 2.16. The Morgan fingerprint density at radius 2 is 1.91 bits per heavy atom. The molecule has 0 saturated carbocycles. The van der Waals surface area contributed by atoms with Crippen LogP contribution in [0, 0.1) is 0 Å². The van der Waals surface area contributed by atoms with Gasteiger partial charge in [-0.2, -0.15) is 0 Å². The minimum Gasteiger partial charge on any atom is -0.396 e. The molecule has 0 spiro atoms. The molecule has 1 heterocycles. The first-order chi connectivity index (χ1) is 11.2. The van der Waals surface area contributed by atoms with Crippen molar-refractivity contribution in [3.8, 4) is 0 Å². The summed E-state index contributed by atoms with van der Waals surface area (Å²) in [6.45, 7) is 0.276. The third-order valence-electron chi connectivity index (χ3n) is 3.34. The van der Waals surface area contributed by atoms with E-state index in [0.717, 1.165) is 5.56 Å². The molecular formula is C17H20N2O3S. The van der Waals surface area contributed by atoms with E-state index in [-0.39, 0.29) is 37.4 Å². The van der Waals surface area contributed by atoms with Gasteiger partial charge in [0.1, 0.15) is 0 Å². The summed E-state index contributed by atoms with van der Waals surface area (Å²) < 4.78 is 0. The monoisotopic (exact) mass is 332 g/mol. The van der Waals surface area contributed by atoms with E-state index in [0.29, 0.717) is 11.3 Å². The number of carbonyl (C=O) groups is 2. The fourth-order valence-electron chi connectivity index (χ4n) is 2.19. The van der Waals surface area contributed by atoms with Crippen LogP contribution in [0.3, 0.4) is 0 Å². The molecule has 0 aliphatic heterocycles. The lowest BCUT2D eigenvalue weighted by Gasteiger charge is -2.18. The lowest BCUT2D eigenvalue weighted by atomic mass is 10.0. The van der Waals surface area contributed by atoms with Crippen molar-refractivity contribution in [1.29, 1.82) is 0 Å². The highest BCUT2D eigenvalue weighted by molar-refractivity contribution is 7.12. The molecule has 2 rings (SSSR count). The summed E-state index contributed by atoms with van der Waals surface area (Å²) in [4.78, 5) is 24.4. The van der Waals surface area contributed by atoms with E-state index in [1.807, 2.05) is 41.8 Å². The second-order valence-electron chi connectivity index (χ2n) is 5.03. The number of hydrogen-bond donors (Lipinski definition) is 3. The van der Waals surface area contributed by atoms with Gasteiger partial charge in [0.15, 0.2) is 0 Å². The van der Waals surface area contributed by atoms with Crippen LogP contribution in [-0.2, 0) is 4.79 Å². The summed E-state index contributed by atoms with van der Waals surface area (Å²) >= 11 is 1.36. The SMILES string of the molecule is O=C(CCNC(=O)c1cccs1)NC(CCO)c1ccccc1. The van der Waals surface area contributed by atoms with E-state index >= 15 is 0 Å². The van der Waals surface area contributed by atoms with Crippen LogP contribution in [0.25, 0.3) is 0 Å². The van der Waals surface area contributed by atoms with Gasteiger partial charge in [-0.3, -0.25) is 9.59 Å². The third kappa shape index (κ3) is 5.50. The van der Waals surface area contributed by atoms with Crippen molar-refractivity contribution in [1.82, 2.24) is 10.6 Å². The Bertz CT molecular complexity index is 614. The summed E-state index contributed by atoms with van der Waals surface area (Å²) in [7, 11) is 0. The topological polar surface area (TPSA) is 78.4 Å². The van der Waals surface area contributed by atoms with Crippen molar-refractivity contribution >= 4 is 23.2 Å². The number of thiophene rings is 1. The van der Waals surface area contributed by atoms with Gasteiger partial charge < -0.3 is 15.7 Å². The van der Waals surface area contributed by atoms with Gasteiger partial charge in [0.05, 0.1) is 10.9 Å². The van der Waals surface area contributed by atoms with Gasteiger partial charge in [0.2, 0.25) is 5.91 Å². The van der Waals surface area contributed by atoms with Gasteiger partial charge in [-0.05, 0) is 23.4 Å². The molecule has 0 aliphatic carbocycles. The molecule has 3 N–H and O–H groups in total. The molecule has 0 aliphatic rings. The first-order valence-corrected chi connectivity index (χ1v) is 8.35. The van der Waals surface area contributed by atoms with Gasteiger partial charge >= 0.3 is 0 Å². The molecule has 2 amide bonds. The van der Waals surface area contributed by atoms with Crippen LogP contribution in [0.15, 0.2) is 47.8 Å². The minimum atomic E-state index is -0.221. The number of rotatable bonds is 8. The van der Waals surface area contributed by atoms with Crippen LogP contribution in [0.4, 0.5) is 0 Å². The van der Waals surface area contributed by atoms with Gasteiger partial charge in [-0.1, -0.05) is 36.4 Å². The molecule has 1 atom stereocenters. The Kier molecular flexibility index (Phi) is 6.77. The molecule has 0 saturated heterocycles. The van der Waals surface area contributed by atoms with E-state index in [1.54, 1.807) is 6.07 Å². The maximum atomic E-state index is 12.0. The summed E-state index contributed by atoms with van der Waals surface area (Å²) in [6, 6.07) is 12.9. The lowest BCUT2D eigenvalue weighted by molar-refractivity contribution is -0.121. The first-order valence-electron chi connectivity index (χ1n) is 7.47. The molecular weight excluding hydrogens is 312 g/mol. The molecule has 5 nitrogen and oxygen atoms in total. The van der Waals surface area contributed by atoms with E-state index in [4.69, 9.17) is 5.11 Å². The van der Waals surface area contributed by atoms with Crippen LogP contribution >= 0.6 is 11.3 Å². The lowest BCUT2D eigenvalue weighted by Crippen LogP contribution is -2.33. The number of carbonyl (C=O) groups excluding carboxylic acids is 2. The molecule has 122 valence electrons. The predicted octanol–water partition coefficient (Wildman–Crippen LogP) is 2.11. The number of aliphatic hydroxyl groups is 1. The van der Waals surface area contributed by atoms with Crippen LogP contribution in [-0.4, -0.2) is 30.1 Å². The number of amides is 2. The van der Waals surface area contributed by atoms with Crippen molar-refractivity contribution in [2.75, 3.05) is 13.2 Å². The smallest absolute Gasteiger partial charge is 0.261 e. The van der Waals surface area contributed by atoms with Crippen LogP contribution in [0.5, 0.6) is 0 Å². The predicted molar refractivity (Wildman–Crippen MR) is 90.3 cm³/mol. The van der Waals surface area contributed by atoms with Gasteiger partial charge in [0.25, 0.3) is 5.91 Å². The van der Waals surface area contributed by atoms with Crippen LogP contribution < -0.4 is 10.6 Å². The Hall–Kier alpha value is -2.18.